The van der Waals surface area contributed by atoms with Crippen molar-refractivity contribution in [1.29, 1.82) is 0 Å². The fourth-order valence-electron chi connectivity index (χ4n) is 2.41. The third-order valence-corrected chi connectivity index (χ3v) is 3.44. The van der Waals surface area contributed by atoms with Crippen molar-refractivity contribution in [3.05, 3.63) is 60.8 Å². The van der Waals surface area contributed by atoms with Gasteiger partial charge in [0.2, 0.25) is 5.52 Å². The molecule has 0 radical (unpaired) electrons. The average molecular weight is 250 g/mol. The van der Waals surface area contributed by atoms with Gasteiger partial charge in [0.05, 0.1) is 12.5 Å². The van der Waals surface area contributed by atoms with Gasteiger partial charge in [-0.2, -0.15) is 0 Å². The molecule has 94 valence electrons. The van der Waals surface area contributed by atoms with Crippen LogP contribution in [0.1, 0.15) is 0 Å². The number of fused-ring (bicyclic) bond motifs is 1. The lowest BCUT2D eigenvalue weighted by molar-refractivity contribution is -0.644. The van der Waals surface area contributed by atoms with Crippen molar-refractivity contribution in [2.75, 3.05) is 7.11 Å². The van der Waals surface area contributed by atoms with Crippen LogP contribution in [0.25, 0.3) is 22.0 Å². The van der Waals surface area contributed by atoms with Crippen molar-refractivity contribution in [3.8, 4) is 16.9 Å². The summed E-state index contributed by atoms with van der Waals surface area (Å²) in [6.07, 6.45) is 2.07. The van der Waals surface area contributed by atoms with Crippen LogP contribution in [-0.4, -0.2) is 7.11 Å². The van der Waals surface area contributed by atoms with Gasteiger partial charge in [0.1, 0.15) is 12.8 Å². The van der Waals surface area contributed by atoms with Crippen LogP contribution in [0.4, 0.5) is 0 Å². The zero-order chi connectivity index (χ0) is 13.2. The molecule has 0 aliphatic carbocycles. The lowest BCUT2D eigenvalue weighted by atomic mass is 10.0. The second-order valence-electron chi connectivity index (χ2n) is 4.59. The summed E-state index contributed by atoms with van der Waals surface area (Å²) in [6.45, 7) is 0. The van der Waals surface area contributed by atoms with E-state index in [0.717, 1.165) is 5.75 Å². The van der Waals surface area contributed by atoms with Crippen LogP contribution in [0, 0.1) is 0 Å². The Morgan fingerprint density at radius 1 is 0.895 bits per heavy atom. The van der Waals surface area contributed by atoms with Gasteiger partial charge in [0.25, 0.3) is 0 Å². The Kier molecular flexibility index (Phi) is 2.92. The topological polar surface area (TPSA) is 13.1 Å². The van der Waals surface area contributed by atoms with Gasteiger partial charge in [0.15, 0.2) is 6.20 Å². The number of methoxy groups -OCH3 is 1. The molecule has 0 aliphatic rings. The van der Waals surface area contributed by atoms with Gasteiger partial charge in [-0.3, -0.25) is 0 Å². The standard InChI is InChI=1S/C17H16NO/c1-18-12-4-6-16-15(5-3-7-17(16)18)13-8-10-14(19-2)11-9-13/h3-12H,1-2H3/q+1. The molecule has 0 saturated heterocycles. The van der Waals surface area contributed by atoms with E-state index in [-0.39, 0.29) is 0 Å². The zero-order valence-corrected chi connectivity index (χ0v) is 11.1. The Hall–Kier alpha value is -2.35. The molecule has 0 spiro atoms. The van der Waals surface area contributed by atoms with Crippen molar-refractivity contribution in [2.24, 2.45) is 7.05 Å². The lowest BCUT2D eigenvalue weighted by Crippen LogP contribution is -2.27. The highest BCUT2D eigenvalue weighted by Gasteiger charge is 2.09. The molecule has 3 aromatic rings. The molecule has 0 unspecified atom stereocenters. The molecule has 0 fully saturated rings. The molecule has 1 aromatic heterocycles. The fraction of sp³-hybridized carbons (Fsp3) is 0.118. The number of rotatable bonds is 2. The van der Waals surface area contributed by atoms with E-state index in [4.69, 9.17) is 4.74 Å². The predicted molar refractivity (Wildman–Crippen MR) is 77.1 cm³/mol. The summed E-state index contributed by atoms with van der Waals surface area (Å²) in [6, 6.07) is 18.8. The monoisotopic (exact) mass is 250 g/mol. The number of hydrogen-bond donors (Lipinski definition) is 0. The van der Waals surface area contributed by atoms with E-state index >= 15 is 0 Å². The molecule has 2 aromatic carbocycles. The van der Waals surface area contributed by atoms with Crippen molar-refractivity contribution in [2.45, 2.75) is 0 Å². The predicted octanol–water partition coefficient (Wildman–Crippen LogP) is 3.34. The van der Waals surface area contributed by atoms with E-state index in [1.807, 2.05) is 12.1 Å². The molecule has 1 heterocycles. The molecule has 3 rings (SSSR count). The Labute approximate surface area is 112 Å². The number of pyridine rings is 1. The molecule has 0 bridgehead atoms. The SMILES string of the molecule is COc1ccc(-c2cccc3c2ccc[n+]3C)cc1. The summed E-state index contributed by atoms with van der Waals surface area (Å²) in [5, 5.41) is 1.26. The van der Waals surface area contributed by atoms with Gasteiger partial charge < -0.3 is 4.74 Å². The first-order chi connectivity index (χ1) is 9.29. The Morgan fingerprint density at radius 3 is 2.42 bits per heavy atom. The highest BCUT2D eigenvalue weighted by Crippen LogP contribution is 2.28. The highest BCUT2D eigenvalue weighted by atomic mass is 16.5. The van der Waals surface area contributed by atoms with Crippen LogP contribution in [0.2, 0.25) is 0 Å². The molecular weight excluding hydrogens is 234 g/mol. The largest absolute Gasteiger partial charge is 0.497 e. The summed E-state index contributed by atoms with van der Waals surface area (Å²) < 4.78 is 7.35. The summed E-state index contributed by atoms with van der Waals surface area (Å²) in [5.74, 6) is 0.884. The van der Waals surface area contributed by atoms with Crippen LogP contribution in [0.15, 0.2) is 60.8 Å². The second kappa shape index (κ2) is 4.73. The van der Waals surface area contributed by atoms with Gasteiger partial charge >= 0.3 is 0 Å². The highest BCUT2D eigenvalue weighted by molar-refractivity contribution is 5.93. The van der Waals surface area contributed by atoms with E-state index < -0.39 is 0 Å². The van der Waals surface area contributed by atoms with Crippen molar-refractivity contribution in [3.63, 3.8) is 0 Å². The maximum absolute atomic E-state index is 5.21. The smallest absolute Gasteiger partial charge is 0.212 e. The lowest BCUT2D eigenvalue weighted by Gasteiger charge is -2.06. The van der Waals surface area contributed by atoms with Gasteiger partial charge in [-0.1, -0.05) is 24.3 Å². The van der Waals surface area contributed by atoms with E-state index in [9.17, 15) is 0 Å². The van der Waals surface area contributed by atoms with Crippen LogP contribution in [-0.2, 0) is 7.05 Å². The molecular formula is C17H16NO+. The van der Waals surface area contributed by atoms with E-state index in [1.54, 1.807) is 7.11 Å². The van der Waals surface area contributed by atoms with Crippen LogP contribution in [0.5, 0.6) is 5.75 Å². The number of hydrogen-bond acceptors (Lipinski definition) is 1. The Balaban J connectivity index is 2.21. The first-order valence-electron chi connectivity index (χ1n) is 6.31. The van der Waals surface area contributed by atoms with Crippen LogP contribution in [0.3, 0.4) is 0 Å². The Morgan fingerprint density at radius 2 is 1.68 bits per heavy atom. The number of benzene rings is 2. The van der Waals surface area contributed by atoms with Crippen LogP contribution < -0.4 is 9.30 Å². The molecule has 0 saturated carbocycles. The average Bonchev–Trinajstić information content (AvgIpc) is 2.47. The number of nitrogens with zero attached hydrogens (tertiary/aromatic N) is 1. The van der Waals surface area contributed by atoms with E-state index in [1.165, 1.54) is 22.0 Å². The quantitative estimate of drug-likeness (QED) is 0.636. The molecule has 2 nitrogen and oxygen atoms in total. The third kappa shape index (κ3) is 2.06. The molecule has 0 amide bonds. The molecule has 2 heteroatoms. The van der Waals surface area contributed by atoms with Gasteiger partial charge in [-0.15, -0.1) is 0 Å². The minimum absolute atomic E-state index is 0.884. The van der Waals surface area contributed by atoms with Gasteiger partial charge in [-0.25, -0.2) is 4.57 Å². The van der Waals surface area contributed by atoms with Gasteiger partial charge in [-0.05, 0) is 29.3 Å². The fourth-order valence-corrected chi connectivity index (χ4v) is 2.41. The van der Waals surface area contributed by atoms with E-state index in [0.29, 0.717) is 0 Å². The van der Waals surface area contributed by atoms with Crippen molar-refractivity contribution in [1.82, 2.24) is 0 Å². The second-order valence-corrected chi connectivity index (χ2v) is 4.59. The molecule has 19 heavy (non-hydrogen) atoms. The first kappa shape index (κ1) is 11.7. The summed E-state index contributed by atoms with van der Waals surface area (Å²) in [4.78, 5) is 0. The van der Waals surface area contributed by atoms with Crippen molar-refractivity contribution >= 4 is 10.9 Å². The maximum atomic E-state index is 5.21. The summed E-state index contributed by atoms with van der Waals surface area (Å²) >= 11 is 0. The zero-order valence-electron chi connectivity index (χ0n) is 11.1. The maximum Gasteiger partial charge on any atom is 0.212 e. The summed E-state index contributed by atoms with van der Waals surface area (Å²) in [5.41, 5.74) is 3.68. The minimum Gasteiger partial charge on any atom is -0.497 e. The summed E-state index contributed by atoms with van der Waals surface area (Å²) in [7, 11) is 3.76. The molecule has 0 aliphatic heterocycles. The number of aromatic nitrogens is 1. The van der Waals surface area contributed by atoms with Crippen molar-refractivity contribution < 1.29 is 9.30 Å². The number of ether oxygens (including phenoxy) is 1. The van der Waals surface area contributed by atoms with Crippen LogP contribution >= 0.6 is 0 Å². The Bertz CT molecular complexity index is 717. The molecule has 0 atom stereocenters. The minimum atomic E-state index is 0.884. The third-order valence-electron chi connectivity index (χ3n) is 3.44. The normalized spacial score (nSPS) is 10.6. The van der Waals surface area contributed by atoms with E-state index in [2.05, 4.69) is 60.3 Å². The number of aryl methyl sites for hydroxylation is 1. The van der Waals surface area contributed by atoms with Gasteiger partial charge in [0, 0.05) is 12.1 Å². The first-order valence-corrected chi connectivity index (χ1v) is 6.31. The molecule has 0 N–H and O–H groups in total.